The Bertz CT molecular complexity index is 623. The summed E-state index contributed by atoms with van der Waals surface area (Å²) in [5.74, 6) is 0.671. The van der Waals surface area contributed by atoms with E-state index in [-0.39, 0.29) is 12.3 Å². The maximum Gasteiger partial charge on any atom is 0.269 e. The van der Waals surface area contributed by atoms with Crippen LogP contribution >= 0.6 is 0 Å². The molecule has 110 valence electrons. The molecule has 0 atom stereocenters. The van der Waals surface area contributed by atoms with Crippen LogP contribution in [0.15, 0.2) is 42.5 Å². The van der Waals surface area contributed by atoms with Crippen molar-refractivity contribution in [2.75, 3.05) is 6.61 Å². The first-order valence-corrected chi connectivity index (χ1v) is 6.66. The Kier molecular flexibility index (Phi) is 4.90. The zero-order chi connectivity index (χ0) is 15.2. The van der Waals surface area contributed by atoms with Gasteiger partial charge in [0.1, 0.15) is 5.75 Å². The molecule has 0 amide bonds. The van der Waals surface area contributed by atoms with Gasteiger partial charge in [0.25, 0.3) is 5.69 Å². The number of nitro benzene ring substituents is 1. The lowest BCUT2D eigenvalue weighted by molar-refractivity contribution is -0.384. The van der Waals surface area contributed by atoms with Crippen molar-refractivity contribution in [1.29, 1.82) is 0 Å². The maximum absolute atomic E-state index is 10.6. The van der Waals surface area contributed by atoms with Crippen molar-refractivity contribution in [1.82, 2.24) is 0 Å². The Morgan fingerprint density at radius 3 is 2.52 bits per heavy atom. The summed E-state index contributed by atoms with van der Waals surface area (Å²) in [6.07, 6.45) is 0.650. The zero-order valence-electron chi connectivity index (χ0n) is 11.8. The van der Waals surface area contributed by atoms with Gasteiger partial charge in [-0.15, -0.1) is 0 Å². The summed E-state index contributed by atoms with van der Waals surface area (Å²) in [5.41, 5.74) is 2.89. The van der Waals surface area contributed by atoms with Gasteiger partial charge in [-0.2, -0.15) is 0 Å². The van der Waals surface area contributed by atoms with Crippen molar-refractivity contribution in [2.24, 2.45) is 0 Å². The summed E-state index contributed by atoms with van der Waals surface area (Å²) in [4.78, 5) is 10.1. The topological polar surface area (TPSA) is 72.6 Å². The van der Waals surface area contributed by atoms with Crippen molar-refractivity contribution >= 4 is 5.69 Å². The highest BCUT2D eigenvalue weighted by Crippen LogP contribution is 2.20. The average molecular weight is 287 g/mol. The lowest BCUT2D eigenvalue weighted by atomic mass is 10.1. The van der Waals surface area contributed by atoms with Crippen LogP contribution in [0.5, 0.6) is 5.75 Å². The van der Waals surface area contributed by atoms with E-state index in [1.807, 2.05) is 25.1 Å². The van der Waals surface area contributed by atoms with E-state index in [2.05, 4.69) is 0 Å². The fourth-order valence-electron chi connectivity index (χ4n) is 2.04. The quantitative estimate of drug-likeness (QED) is 0.654. The minimum absolute atomic E-state index is 0.0610. The summed E-state index contributed by atoms with van der Waals surface area (Å²) in [7, 11) is 0. The highest BCUT2D eigenvalue weighted by Gasteiger charge is 2.05. The van der Waals surface area contributed by atoms with Gasteiger partial charge >= 0.3 is 0 Å². The fraction of sp³-hybridized carbons (Fsp3) is 0.250. The van der Waals surface area contributed by atoms with Crippen LogP contribution in [0.3, 0.4) is 0 Å². The summed E-state index contributed by atoms with van der Waals surface area (Å²) in [6.45, 7) is 2.35. The predicted octanol–water partition coefficient (Wildman–Crippen LogP) is 3.02. The summed E-state index contributed by atoms with van der Waals surface area (Å²) in [6, 6.07) is 12.1. The number of ether oxygens (including phenoxy) is 1. The number of hydrogen-bond acceptors (Lipinski definition) is 4. The molecule has 0 aliphatic heterocycles. The van der Waals surface area contributed by atoms with Gasteiger partial charge < -0.3 is 9.84 Å². The highest BCUT2D eigenvalue weighted by atomic mass is 16.6. The van der Waals surface area contributed by atoms with E-state index in [0.717, 1.165) is 16.7 Å². The first kappa shape index (κ1) is 15.0. The molecule has 0 spiro atoms. The molecule has 0 fully saturated rings. The number of non-ortho nitro benzene ring substituents is 1. The number of aliphatic hydroxyl groups is 1. The molecule has 0 saturated carbocycles. The zero-order valence-corrected chi connectivity index (χ0v) is 11.8. The van der Waals surface area contributed by atoms with Crippen LogP contribution < -0.4 is 4.74 Å². The van der Waals surface area contributed by atoms with E-state index < -0.39 is 4.92 Å². The molecule has 0 bridgehead atoms. The first-order valence-electron chi connectivity index (χ1n) is 6.66. The number of rotatable bonds is 6. The molecule has 0 heterocycles. The molecule has 2 aromatic carbocycles. The van der Waals surface area contributed by atoms with Crippen LogP contribution in [-0.2, 0) is 13.0 Å². The molecule has 2 aromatic rings. The molecule has 2 rings (SSSR count). The van der Waals surface area contributed by atoms with Crippen LogP contribution in [0.4, 0.5) is 5.69 Å². The number of hydrogen-bond donors (Lipinski definition) is 1. The number of nitrogens with zero attached hydrogens (tertiary/aromatic N) is 1. The Morgan fingerprint density at radius 2 is 1.90 bits per heavy atom. The van der Waals surface area contributed by atoms with Crippen molar-refractivity contribution < 1.29 is 14.8 Å². The van der Waals surface area contributed by atoms with Gasteiger partial charge in [0.15, 0.2) is 0 Å². The smallest absolute Gasteiger partial charge is 0.269 e. The second kappa shape index (κ2) is 6.85. The minimum Gasteiger partial charge on any atom is -0.493 e. The van der Waals surface area contributed by atoms with E-state index in [0.29, 0.717) is 18.8 Å². The van der Waals surface area contributed by atoms with Gasteiger partial charge in [-0.1, -0.05) is 29.8 Å². The Balaban J connectivity index is 1.93. The second-order valence-corrected chi connectivity index (χ2v) is 4.79. The van der Waals surface area contributed by atoms with Crippen LogP contribution in [0, 0.1) is 17.0 Å². The molecule has 0 unspecified atom stereocenters. The average Bonchev–Trinajstić information content (AvgIpc) is 2.49. The molecule has 0 radical (unpaired) electrons. The second-order valence-electron chi connectivity index (χ2n) is 4.79. The van der Waals surface area contributed by atoms with E-state index in [4.69, 9.17) is 4.74 Å². The third kappa shape index (κ3) is 4.03. The third-order valence-electron chi connectivity index (χ3n) is 3.18. The van der Waals surface area contributed by atoms with Crippen LogP contribution in [0.2, 0.25) is 0 Å². The summed E-state index contributed by atoms with van der Waals surface area (Å²) in [5, 5.41) is 19.9. The van der Waals surface area contributed by atoms with Crippen LogP contribution in [0.1, 0.15) is 16.7 Å². The minimum atomic E-state index is -0.417. The Labute approximate surface area is 123 Å². The van der Waals surface area contributed by atoms with E-state index in [9.17, 15) is 15.2 Å². The first-order chi connectivity index (χ1) is 10.1. The van der Waals surface area contributed by atoms with E-state index in [1.54, 1.807) is 12.1 Å². The van der Waals surface area contributed by atoms with Gasteiger partial charge in [0.05, 0.1) is 18.1 Å². The standard InChI is InChI=1S/C16H17NO4/c1-12-2-7-16(14(10-12)11-18)21-9-8-13-3-5-15(6-4-13)17(19)20/h2-7,10,18H,8-9,11H2,1H3. The van der Waals surface area contributed by atoms with Gasteiger partial charge in [-0.25, -0.2) is 0 Å². The molecule has 21 heavy (non-hydrogen) atoms. The molecule has 5 nitrogen and oxygen atoms in total. The van der Waals surface area contributed by atoms with E-state index >= 15 is 0 Å². The van der Waals surface area contributed by atoms with Crippen LogP contribution in [0.25, 0.3) is 0 Å². The van der Waals surface area contributed by atoms with Crippen LogP contribution in [-0.4, -0.2) is 16.6 Å². The largest absolute Gasteiger partial charge is 0.493 e. The molecule has 1 N–H and O–H groups in total. The molecule has 0 aromatic heterocycles. The highest BCUT2D eigenvalue weighted by molar-refractivity contribution is 5.36. The molecule has 0 saturated heterocycles. The SMILES string of the molecule is Cc1ccc(OCCc2ccc([N+](=O)[O-])cc2)c(CO)c1. The lowest BCUT2D eigenvalue weighted by Gasteiger charge is -2.11. The number of nitro groups is 1. The normalized spacial score (nSPS) is 10.4. The monoisotopic (exact) mass is 287 g/mol. The van der Waals surface area contributed by atoms with Crippen molar-refractivity contribution in [2.45, 2.75) is 20.0 Å². The fourth-order valence-corrected chi connectivity index (χ4v) is 2.04. The molecular weight excluding hydrogens is 270 g/mol. The van der Waals surface area contributed by atoms with Gasteiger partial charge in [0.2, 0.25) is 0 Å². The van der Waals surface area contributed by atoms with Crippen molar-refractivity contribution in [3.05, 3.63) is 69.3 Å². The summed E-state index contributed by atoms with van der Waals surface area (Å²) < 4.78 is 5.67. The molecule has 0 aliphatic rings. The number of benzene rings is 2. The van der Waals surface area contributed by atoms with Gasteiger partial charge in [-0.3, -0.25) is 10.1 Å². The predicted molar refractivity (Wildman–Crippen MR) is 79.4 cm³/mol. The number of aliphatic hydroxyl groups excluding tert-OH is 1. The van der Waals surface area contributed by atoms with Gasteiger partial charge in [0, 0.05) is 24.1 Å². The molecule has 0 aliphatic carbocycles. The Hall–Kier alpha value is -2.40. The summed E-state index contributed by atoms with van der Waals surface area (Å²) >= 11 is 0. The molecular formula is C16H17NO4. The van der Waals surface area contributed by atoms with Gasteiger partial charge in [-0.05, 0) is 18.6 Å². The van der Waals surface area contributed by atoms with E-state index in [1.165, 1.54) is 12.1 Å². The Morgan fingerprint density at radius 1 is 1.19 bits per heavy atom. The van der Waals surface area contributed by atoms with Crippen molar-refractivity contribution in [3.63, 3.8) is 0 Å². The third-order valence-corrected chi connectivity index (χ3v) is 3.18. The maximum atomic E-state index is 10.6. The van der Waals surface area contributed by atoms with Crippen molar-refractivity contribution in [3.8, 4) is 5.75 Å². The number of aryl methyl sites for hydroxylation is 1. The lowest BCUT2D eigenvalue weighted by Crippen LogP contribution is -2.04. The molecule has 5 heteroatoms.